The van der Waals surface area contributed by atoms with E-state index in [2.05, 4.69) is 5.16 Å². The van der Waals surface area contributed by atoms with E-state index >= 15 is 0 Å². The molecule has 0 spiro atoms. The van der Waals surface area contributed by atoms with Gasteiger partial charge in [0.05, 0.1) is 19.3 Å². The molecule has 2 heterocycles. The van der Waals surface area contributed by atoms with Gasteiger partial charge in [-0.25, -0.2) is 4.79 Å². The van der Waals surface area contributed by atoms with E-state index in [0.717, 1.165) is 23.3 Å². The summed E-state index contributed by atoms with van der Waals surface area (Å²) in [6.45, 7) is 6.60. The Labute approximate surface area is 147 Å². The lowest BCUT2D eigenvalue weighted by Crippen LogP contribution is -2.38. The van der Waals surface area contributed by atoms with Gasteiger partial charge < -0.3 is 18.9 Å². The van der Waals surface area contributed by atoms with Crippen molar-refractivity contribution in [1.82, 2.24) is 10.1 Å². The fraction of sp³-hybridized carbons (Fsp3) is 0.474. The topological polar surface area (TPSA) is 64.8 Å². The van der Waals surface area contributed by atoms with Crippen LogP contribution >= 0.6 is 0 Å². The van der Waals surface area contributed by atoms with Gasteiger partial charge in [0.15, 0.2) is 5.76 Å². The molecule has 0 saturated heterocycles. The van der Waals surface area contributed by atoms with Crippen LogP contribution < -0.4 is 0 Å². The van der Waals surface area contributed by atoms with Crippen molar-refractivity contribution in [2.45, 2.75) is 38.9 Å². The summed E-state index contributed by atoms with van der Waals surface area (Å²) in [5.74, 6) is 0.748. The summed E-state index contributed by atoms with van der Waals surface area (Å²) >= 11 is 0. The van der Waals surface area contributed by atoms with Gasteiger partial charge in [0.1, 0.15) is 11.7 Å². The second-order valence-electron chi connectivity index (χ2n) is 7.22. The minimum atomic E-state index is -0.518. The molecule has 0 radical (unpaired) electrons. The second kappa shape index (κ2) is 6.88. The lowest BCUT2D eigenvalue weighted by atomic mass is 9.91. The Morgan fingerprint density at radius 2 is 2.16 bits per heavy atom. The molecule has 3 rings (SSSR count). The predicted molar refractivity (Wildman–Crippen MR) is 93.2 cm³/mol. The molecular formula is C19H24N2O4. The number of fused-ring (bicyclic) bond motifs is 1. The largest absolute Gasteiger partial charge is 0.444 e. The third-order valence-corrected chi connectivity index (χ3v) is 4.08. The highest BCUT2D eigenvalue weighted by molar-refractivity contribution is 5.68. The number of hydrogen-bond acceptors (Lipinski definition) is 5. The number of amides is 1. The van der Waals surface area contributed by atoms with Gasteiger partial charge in [-0.1, -0.05) is 23.4 Å². The molecule has 1 aromatic carbocycles. The first-order valence-corrected chi connectivity index (χ1v) is 8.44. The van der Waals surface area contributed by atoms with Crippen LogP contribution in [0.15, 0.2) is 35.0 Å². The summed E-state index contributed by atoms with van der Waals surface area (Å²) < 4.78 is 16.7. The van der Waals surface area contributed by atoms with Crippen molar-refractivity contribution >= 4 is 6.09 Å². The molecule has 0 saturated carbocycles. The van der Waals surface area contributed by atoms with E-state index in [1.54, 1.807) is 18.1 Å². The summed E-state index contributed by atoms with van der Waals surface area (Å²) in [6.07, 6.45) is 1.90. The first kappa shape index (κ1) is 17.5. The van der Waals surface area contributed by atoms with Crippen molar-refractivity contribution in [2.75, 3.05) is 20.2 Å². The van der Waals surface area contributed by atoms with E-state index in [9.17, 15) is 4.79 Å². The van der Waals surface area contributed by atoms with Crippen LogP contribution in [0.3, 0.4) is 0 Å². The molecule has 0 bridgehead atoms. The van der Waals surface area contributed by atoms with E-state index in [1.165, 1.54) is 5.56 Å². The van der Waals surface area contributed by atoms with Crippen LogP contribution in [-0.4, -0.2) is 42.0 Å². The fourth-order valence-corrected chi connectivity index (χ4v) is 2.98. The van der Waals surface area contributed by atoms with Gasteiger partial charge in [-0.05, 0) is 38.3 Å². The van der Waals surface area contributed by atoms with Gasteiger partial charge in [0.2, 0.25) is 0 Å². The summed E-state index contributed by atoms with van der Waals surface area (Å²) in [5.41, 5.74) is 2.78. The van der Waals surface area contributed by atoms with Crippen molar-refractivity contribution in [1.29, 1.82) is 0 Å². The maximum Gasteiger partial charge on any atom is 0.410 e. The van der Waals surface area contributed by atoms with Crippen LogP contribution in [0.4, 0.5) is 4.79 Å². The Hall–Kier alpha value is -2.34. The zero-order chi connectivity index (χ0) is 18.0. The molecule has 6 heteroatoms. The Balaban J connectivity index is 1.80. The molecule has 1 amide bonds. The van der Waals surface area contributed by atoms with Crippen molar-refractivity contribution in [3.05, 3.63) is 41.6 Å². The second-order valence-corrected chi connectivity index (χ2v) is 7.22. The zero-order valence-electron chi connectivity index (χ0n) is 15.1. The van der Waals surface area contributed by atoms with Crippen molar-refractivity contribution < 1.29 is 18.8 Å². The van der Waals surface area contributed by atoms with Gasteiger partial charge in [-0.3, -0.25) is 0 Å². The van der Waals surface area contributed by atoms with Crippen LogP contribution in [0, 0.1) is 0 Å². The average molecular weight is 344 g/mol. The predicted octanol–water partition coefficient (Wildman–Crippen LogP) is 3.82. The Kier molecular flexibility index (Phi) is 4.81. The fourth-order valence-electron chi connectivity index (χ4n) is 2.98. The molecule has 6 nitrogen and oxygen atoms in total. The molecule has 1 aliphatic heterocycles. The number of carbonyl (C=O) groups excluding carboxylic acids is 1. The molecule has 2 aromatic rings. The SMILES string of the molecule is CN(CC1OCCc2c(-c3ccno3)cccc21)C(=O)OC(C)(C)C. The first-order valence-electron chi connectivity index (χ1n) is 8.44. The Morgan fingerprint density at radius 3 is 2.84 bits per heavy atom. The highest BCUT2D eigenvalue weighted by Gasteiger charge is 2.28. The van der Waals surface area contributed by atoms with Gasteiger partial charge in [-0.2, -0.15) is 0 Å². The lowest BCUT2D eigenvalue weighted by Gasteiger charge is -2.31. The number of carbonyl (C=O) groups is 1. The molecule has 25 heavy (non-hydrogen) atoms. The number of ether oxygens (including phenoxy) is 2. The van der Waals surface area contributed by atoms with Crippen LogP contribution in [0.25, 0.3) is 11.3 Å². The van der Waals surface area contributed by atoms with Gasteiger partial charge in [0, 0.05) is 18.7 Å². The van der Waals surface area contributed by atoms with Crippen molar-refractivity contribution in [2.24, 2.45) is 0 Å². The van der Waals surface area contributed by atoms with Crippen molar-refractivity contribution in [3.8, 4) is 11.3 Å². The van der Waals surface area contributed by atoms with Crippen LogP contribution in [0.1, 0.15) is 38.0 Å². The average Bonchev–Trinajstić information content (AvgIpc) is 3.07. The third kappa shape index (κ3) is 4.02. The van der Waals surface area contributed by atoms with E-state index in [0.29, 0.717) is 13.2 Å². The molecule has 1 atom stereocenters. The number of hydrogen-bond donors (Lipinski definition) is 0. The normalized spacial score (nSPS) is 17.0. The molecular weight excluding hydrogens is 320 g/mol. The third-order valence-electron chi connectivity index (χ3n) is 4.08. The molecule has 1 aliphatic rings. The summed E-state index contributed by atoms with van der Waals surface area (Å²) in [6, 6.07) is 7.90. The van der Waals surface area contributed by atoms with Crippen LogP contribution in [-0.2, 0) is 15.9 Å². The van der Waals surface area contributed by atoms with E-state index in [-0.39, 0.29) is 12.2 Å². The number of nitrogens with zero attached hydrogens (tertiary/aromatic N) is 2. The van der Waals surface area contributed by atoms with E-state index in [4.69, 9.17) is 14.0 Å². The first-order chi connectivity index (χ1) is 11.8. The van der Waals surface area contributed by atoms with Gasteiger partial charge in [-0.15, -0.1) is 0 Å². The maximum absolute atomic E-state index is 12.2. The smallest absolute Gasteiger partial charge is 0.410 e. The Morgan fingerprint density at radius 1 is 1.36 bits per heavy atom. The quantitative estimate of drug-likeness (QED) is 0.847. The molecule has 1 unspecified atom stereocenters. The summed E-state index contributed by atoms with van der Waals surface area (Å²) in [7, 11) is 1.73. The zero-order valence-corrected chi connectivity index (χ0v) is 15.1. The number of rotatable bonds is 3. The van der Waals surface area contributed by atoms with Crippen LogP contribution in [0.2, 0.25) is 0 Å². The van der Waals surface area contributed by atoms with Gasteiger partial charge >= 0.3 is 6.09 Å². The van der Waals surface area contributed by atoms with Crippen molar-refractivity contribution in [3.63, 3.8) is 0 Å². The standard InChI is InChI=1S/C19H24N2O4/c1-19(2,3)24-18(22)21(4)12-17-15-7-5-6-14(13(15)9-11-23-17)16-8-10-20-25-16/h5-8,10,17H,9,11-12H2,1-4H3. The lowest BCUT2D eigenvalue weighted by molar-refractivity contribution is -0.00159. The molecule has 0 aliphatic carbocycles. The monoisotopic (exact) mass is 344 g/mol. The Bertz CT molecular complexity index is 734. The van der Waals surface area contributed by atoms with Crippen LogP contribution in [0.5, 0.6) is 0 Å². The maximum atomic E-state index is 12.2. The minimum Gasteiger partial charge on any atom is -0.444 e. The van der Waals surface area contributed by atoms with E-state index < -0.39 is 5.60 Å². The molecule has 0 fully saturated rings. The highest BCUT2D eigenvalue weighted by atomic mass is 16.6. The van der Waals surface area contributed by atoms with Gasteiger partial charge in [0.25, 0.3) is 0 Å². The number of likely N-dealkylation sites (N-methyl/N-ethyl adjacent to an activating group) is 1. The molecule has 134 valence electrons. The van der Waals surface area contributed by atoms with E-state index in [1.807, 2.05) is 45.0 Å². The summed E-state index contributed by atoms with van der Waals surface area (Å²) in [5, 5.41) is 3.80. The number of benzene rings is 1. The molecule has 0 N–H and O–H groups in total. The number of aromatic nitrogens is 1. The highest BCUT2D eigenvalue weighted by Crippen LogP contribution is 2.34. The molecule has 1 aromatic heterocycles. The summed E-state index contributed by atoms with van der Waals surface area (Å²) in [4.78, 5) is 13.8. The minimum absolute atomic E-state index is 0.191.